The Morgan fingerprint density at radius 2 is 2.21 bits per heavy atom. The molecule has 4 N–H and O–H groups in total. The van der Waals surface area contributed by atoms with Crippen LogP contribution in [0.5, 0.6) is 0 Å². The van der Waals surface area contributed by atoms with E-state index in [4.69, 9.17) is 10.8 Å². The third kappa shape index (κ3) is 3.27. The zero-order valence-electron chi connectivity index (χ0n) is 8.70. The maximum absolute atomic E-state index is 11.6. The molecule has 1 amide bonds. The summed E-state index contributed by atoms with van der Waals surface area (Å²) in [6, 6.07) is -0.00208. The molecule has 0 aromatic rings. The molecule has 0 unspecified atom stereocenters. The first-order valence-electron chi connectivity index (χ1n) is 5.32. The van der Waals surface area contributed by atoms with Crippen molar-refractivity contribution in [3.8, 4) is 0 Å². The summed E-state index contributed by atoms with van der Waals surface area (Å²) in [6.07, 6.45) is 3.54. The normalized spacial score (nSPS) is 29.6. The van der Waals surface area contributed by atoms with Crippen LogP contribution in [0.1, 0.15) is 32.6 Å². The molecule has 0 spiro atoms. The Labute approximate surface area is 84.9 Å². The van der Waals surface area contributed by atoms with E-state index >= 15 is 0 Å². The smallest absolute Gasteiger partial charge is 0.224 e. The van der Waals surface area contributed by atoms with Crippen molar-refractivity contribution in [2.45, 2.75) is 44.8 Å². The van der Waals surface area contributed by atoms with Crippen LogP contribution in [0.15, 0.2) is 0 Å². The molecule has 0 heterocycles. The highest BCUT2D eigenvalue weighted by Gasteiger charge is 2.27. The van der Waals surface area contributed by atoms with Gasteiger partial charge in [-0.05, 0) is 19.8 Å². The van der Waals surface area contributed by atoms with E-state index < -0.39 is 6.10 Å². The van der Waals surface area contributed by atoms with Crippen molar-refractivity contribution in [2.75, 3.05) is 6.54 Å². The molecule has 0 radical (unpaired) electrons. The lowest BCUT2D eigenvalue weighted by atomic mass is 9.84. The molecule has 0 aromatic heterocycles. The molecular weight excluding hydrogens is 180 g/mol. The molecule has 82 valence electrons. The van der Waals surface area contributed by atoms with Crippen molar-refractivity contribution in [1.29, 1.82) is 0 Å². The lowest BCUT2D eigenvalue weighted by Gasteiger charge is -2.27. The fourth-order valence-corrected chi connectivity index (χ4v) is 1.86. The van der Waals surface area contributed by atoms with E-state index in [1.54, 1.807) is 6.92 Å². The van der Waals surface area contributed by atoms with Gasteiger partial charge in [-0.3, -0.25) is 4.79 Å². The zero-order chi connectivity index (χ0) is 10.6. The van der Waals surface area contributed by atoms with Gasteiger partial charge < -0.3 is 16.2 Å². The SMILES string of the molecule is C[C@@H](O)CNC(=O)[C@@H]1CCCC[C@@H]1N. The molecule has 14 heavy (non-hydrogen) atoms. The standard InChI is InChI=1S/C10H20N2O2/c1-7(13)6-12-10(14)8-4-2-3-5-9(8)11/h7-9,13H,2-6,11H2,1H3,(H,12,14)/t7-,8-,9+/m1/s1. The van der Waals surface area contributed by atoms with Crippen molar-refractivity contribution in [3.63, 3.8) is 0 Å². The van der Waals surface area contributed by atoms with Crippen molar-refractivity contribution in [1.82, 2.24) is 5.32 Å². The van der Waals surface area contributed by atoms with E-state index in [1.807, 2.05) is 0 Å². The second-order valence-corrected chi connectivity index (χ2v) is 4.15. The fourth-order valence-electron chi connectivity index (χ4n) is 1.86. The third-order valence-electron chi connectivity index (χ3n) is 2.73. The first kappa shape index (κ1) is 11.5. The summed E-state index contributed by atoms with van der Waals surface area (Å²) in [5.41, 5.74) is 5.86. The molecule has 1 aliphatic carbocycles. The van der Waals surface area contributed by atoms with Crippen molar-refractivity contribution in [2.24, 2.45) is 11.7 Å². The van der Waals surface area contributed by atoms with Gasteiger partial charge in [0.2, 0.25) is 5.91 Å². The van der Waals surface area contributed by atoms with Crippen LogP contribution in [-0.4, -0.2) is 29.7 Å². The van der Waals surface area contributed by atoms with Crippen LogP contribution in [0.25, 0.3) is 0 Å². The first-order valence-corrected chi connectivity index (χ1v) is 5.32. The van der Waals surface area contributed by atoms with Crippen LogP contribution >= 0.6 is 0 Å². The Hall–Kier alpha value is -0.610. The number of amides is 1. The van der Waals surface area contributed by atoms with Gasteiger partial charge in [0.05, 0.1) is 12.0 Å². The average Bonchev–Trinajstić information content (AvgIpc) is 2.15. The Balaban J connectivity index is 2.34. The molecule has 3 atom stereocenters. The lowest BCUT2D eigenvalue weighted by Crippen LogP contribution is -2.45. The van der Waals surface area contributed by atoms with Gasteiger partial charge in [-0.2, -0.15) is 0 Å². The minimum Gasteiger partial charge on any atom is -0.392 e. The Kier molecular flexibility index (Phi) is 4.35. The number of carbonyl (C=O) groups excluding carboxylic acids is 1. The van der Waals surface area contributed by atoms with Crippen LogP contribution in [0.3, 0.4) is 0 Å². The van der Waals surface area contributed by atoms with Gasteiger partial charge in [-0.25, -0.2) is 0 Å². The van der Waals surface area contributed by atoms with Crippen molar-refractivity contribution >= 4 is 5.91 Å². The third-order valence-corrected chi connectivity index (χ3v) is 2.73. The number of aliphatic hydroxyl groups excluding tert-OH is 1. The molecule has 1 saturated carbocycles. The molecule has 0 aromatic carbocycles. The summed E-state index contributed by atoms with van der Waals surface area (Å²) in [5, 5.41) is 11.7. The summed E-state index contributed by atoms with van der Waals surface area (Å²) in [4.78, 5) is 11.6. The summed E-state index contributed by atoms with van der Waals surface area (Å²) >= 11 is 0. The summed E-state index contributed by atoms with van der Waals surface area (Å²) in [5.74, 6) is -0.0550. The van der Waals surface area contributed by atoms with E-state index in [0.717, 1.165) is 25.7 Å². The molecule has 1 aliphatic rings. The Morgan fingerprint density at radius 3 is 2.79 bits per heavy atom. The predicted octanol–water partition coefficient (Wildman–Crippen LogP) is 0.000900. The van der Waals surface area contributed by atoms with Crippen LogP contribution in [0.2, 0.25) is 0 Å². The van der Waals surface area contributed by atoms with Crippen molar-refractivity contribution in [3.05, 3.63) is 0 Å². The quantitative estimate of drug-likeness (QED) is 0.600. The number of rotatable bonds is 3. The molecule has 1 rings (SSSR count). The molecule has 4 heteroatoms. The highest BCUT2D eigenvalue weighted by molar-refractivity contribution is 5.79. The van der Waals surface area contributed by atoms with Crippen LogP contribution in [0.4, 0.5) is 0 Å². The fraction of sp³-hybridized carbons (Fsp3) is 0.900. The number of aliphatic hydroxyl groups is 1. The highest BCUT2D eigenvalue weighted by atomic mass is 16.3. The van der Waals surface area contributed by atoms with Crippen LogP contribution in [0, 0.1) is 5.92 Å². The van der Waals surface area contributed by atoms with Gasteiger partial charge in [0.1, 0.15) is 0 Å². The number of nitrogens with two attached hydrogens (primary N) is 1. The van der Waals surface area contributed by atoms with Gasteiger partial charge in [-0.1, -0.05) is 12.8 Å². The maximum Gasteiger partial charge on any atom is 0.224 e. The summed E-state index contributed by atoms with van der Waals surface area (Å²) in [6.45, 7) is 1.98. The zero-order valence-corrected chi connectivity index (χ0v) is 8.70. The molecule has 1 fully saturated rings. The summed E-state index contributed by atoms with van der Waals surface area (Å²) < 4.78 is 0. The first-order chi connectivity index (χ1) is 6.61. The molecule has 0 bridgehead atoms. The van der Waals surface area contributed by atoms with E-state index in [0.29, 0.717) is 6.54 Å². The van der Waals surface area contributed by atoms with Crippen molar-refractivity contribution < 1.29 is 9.90 Å². The molecular formula is C10H20N2O2. The number of hydrogen-bond donors (Lipinski definition) is 3. The van der Waals surface area contributed by atoms with Crippen LogP contribution < -0.4 is 11.1 Å². The second kappa shape index (κ2) is 5.32. The lowest BCUT2D eigenvalue weighted by molar-refractivity contribution is -0.126. The van der Waals surface area contributed by atoms with Gasteiger partial charge in [0.25, 0.3) is 0 Å². The molecule has 0 saturated heterocycles. The minimum absolute atomic E-state index is 0.00176. The largest absolute Gasteiger partial charge is 0.392 e. The average molecular weight is 200 g/mol. The minimum atomic E-state index is -0.487. The van der Waals surface area contributed by atoms with Gasteiger partial charge >= 0.3 is 0 Å². The predicted molar refractivity (Wildman–Crippen MR) is 54.6 cm³/mol. The molecule has 4 nitrogen and oxygen atoms in total. The van der Waals surface area contributed by atoms with E-state index in [1.165, 1.54) is 0 Å². The van der Waals surface area contributed by atoms with Gasteiger partial charge in [-0.15, -0.1) is 0 Å². The monoisotopic (exact) mass is 200 g/mol. The number of hydrogen-bond acceptors (Lipinski definition) is 3. The van der Waals surface area contributed by atoms with E-state index in [9.17, 15) is 4.79 Å². The Bertz CT molecular complexity index is 195. The maximum atomic E-state index is 11.6. The number of carbonyl (C=O) groups is 1. The summed E-state index contributed by atoms with van der Waals surface area (Å²) in [7, 11) is 0. The Morgan fingerprint density at radius 1 is 1.57 bits per heavy atom. The van der Waals surface area contributed by atoms with E-state index in [2.05, 4.69) is 5.32 Å². The van der Waals surface area contributed by atoms with Gasteiger partial charge in [0, 0.05) is 12.6 Å². The van der Waals surface area contributed by atoms with E-state index in [-0.39, 0.29) is 17.9 Å². The van der Waals surface area contributed by atoms with Crippen LogP contribution in [-0.2, 0) is 4.79 Å². The van der Waals surface area contributed by atoms with Gasteiger partial charge in [0.15, 0.2) is 0 Å². The topological polar surface area (TPSA) is 75.3 Å². The second-order valence-electron chi connectivity index (χ2n) is 4.15. The number of nitrogens with one attached hydrogen (secondary N) is 1. The highest BCUT2D eigenvalue weighted by Crippen LogP contribution is 2.22. The molecule has 0 aliphatic heterocycles.